The second-order valence-corrected chi connectivity index (χ2v) is 6.48. The fourth-order valence-electron chi connectivity index (χ4n) is 3.28. The van der Waals surface area contributed by atoms with E-state index in [1.165, 1.54) is 25.4 Å². The number of amides is 2. The summed E-state index contributed by atoms with van der Waals surface area (Å²) in [6.45, 7) is 1.50. The summed E-state index contributed by atoms with van der Waals surface area (Å²) in [5, 5.41) is 2.85. The molecule has 1 aromatic carbocycles. The van der Waals surface area contributed by atoms with Crippen LogP contribution < -0.4 is 15.0 Å². The Morgan fingerprint density at radius 3 is 2.68 bits per heavy atom. The highest BCUT2D eigenvalue weighted by Crippen LogP contribution is 2.25. The molecule has 1 fully saturated rings. The molecule has 0 saturated carbocycles. The quantitative estimate of drug-likeness (QED) is 0.775. The topological polar surface area (TPSA) is 66.9 Å². The lowest BCUT2D eigenvalue weighted by molar-refractivity contribution is 0.244. The predicted octanol–water partition coefficient (Wildman–Crippen LogP) is 2.91. The molecule has 7 nitrogen and oxygen atoms in total. The van der Waals surface area contributed by atoms with Crippen molar-refractivity contribution >= 4 is 25.0 Å². The maximum absolute atomic E-state index is 13.8. The third-order valence-corrected chi connectivity index (χ3v) is 4.62. The third-order valence-electron chi connectivity index (χ3n) is 4.62. The molecular weight excluding hydrogens is 362 g/mol. The Hall–Kier alpha value is -2.65. The zero-order valence-electron chi connectivity index (χ0n) is 16.0. The molecule has 9 heteroatoms. The molecule has 0 bridgehead atoms. The molecule has 0 aliphatic carbocycles. The lowest BCUT2D eigenvalue weighted by atomic mass is 9.98. The van der Waals surface area contributed by atoms with Gasteiger partial charge in [-0.05, 0) is 50.2 Å². The molecular formula is C19H23BFN4O3. The van der Waals surface area contributed by atoms with E-state index in [9.17, 15) is 9.18 Å². The number of carbonyl (C=O) groups excluding carboxylic acids is 1. The average Bonchev–Trinajstić information content (AvgIpc) is 2.70. The Kier molecular flexibility index (Phi) is 6.83. The van der Waals surface area contributed by atoms with Crippen molar-refractivity contribution in [2.45, 2.75) is 18.9 Å². The van der Waals surface area contributed by atoms with Crippen LogP contribution >= 0.6 is 0 Å². The number of anilines is 2. The predicted molar refractivity (Wildman–Crippen MR) is 106 cm³/mol. The van der Waals surface area contributed by atoms with Crippen LogP contribution in [0.1, 0.15) is 12.8 Å². The number of hydrogen-bond donors (Lipinski definition) is 1. The molecule has 0 unspecified atom stereocenters. The zero-order chi connectivity index (χ0) is 19.9. The van der Waals surface area contributed by atoms with Crippen molar-refractivity contribution < 1.29 is 18.6 Å². The number of methoxy groups -OCH3 is 1. The van der Waals surface area contributed by atoms with Crippen LogP contribution in [-0.2, 0) is 4.65 Å². The Morgan fingerprint density at radius 2 is 2.07 bits per heavy atom. The first-order valence-corrected chi connectivity index (χ1v) is 9.06. The van der Waals surface area contributed by atoms with Crippen molar-refractivity contribution in [3.8, 4) is 5.88 Å². The summed E-state index contributed by atoms with van der Waals surface area (Å²) in [6, 6.07) is 9.07. The van der Waals surface area contributed by atoms with Crippen LogP contribution in [0.5, 0.6) is 5.88 Å². The number of pyridine rings is 1. The second-order valence-electron chi connectivity index (χ2n) is 6.48. The van der Waals surface area contributed by atoms with Gasteiger partial charge in [-0.25, -0.2) is 14.2 Å². The van der Waals surface area contributed by atoms with Gasteiger partial charge >= 0.3 is 13.6 Å². The summed E-state index contributed by atoms with van der Waals surface area (Å²) in [7, 11) is 4.83. The van der Waals surface area contributed by atoms with Crippen LogP contribution in [0.2, 0.25) is 0 Å². The van der Waals surface area contributed by atoms with Gasteiger partial charge in [0, 0.05) is 24.9 Å². The summed E-state index contributed by atoms with van der Waals surface area (Å²) in [4.78, 5) is 20.9. The number of aromatic nitrogens is 1. The largest absolute Gasteiger partial charge is 0.481 e. The fraction of sp³-hybridized carbons (Fsp3) is 0.368. The van der Waals surface area contributed by atoms with Gasteiger partial charge in [-0.15, -0.1) is 0 Å². The molecule has 0 spiro atoms. The van der Waals surface area contributed by atoms with Gasteiger partial charge in [0.25, 0.3) is 0 Å². The van der Waals surface area contributed by atoms with Crippen LogP contribution in [0.4, 0.5) is 20.6 Å². The van der Waals surface area contributed by atoms with Crippen LogP contribution in [0, 0.1) is 5.82 Å². The number of ether oxygens (including phenoxy) is 1. The molecule has 1 N–H and O–H groups in total. The second kappa shape index (κ2) is 9.52. The number of benzene rings is 1. The number of halogens is 1. The minimum absolute atomic E-state index is 0.0606. The molecule has 2 amide bonds. The molecule has 1 aliphatic rings. The minimum atomic E-state index is -0.383. The first kappa shape index (κ1) is 20.1. The van der Waals surface area contributed by atoms with Crippen molar-refractivity contribution in [1.29, 1.82) is 0 Å². The van der Waals surface area contributed by atoms with Crippen molar-refractivity contribution in [2.24, 2.45) is 0 Å². The van der Waals surface area contributed by atoms with E-state index in [1.807, 2.05) is 0 Å². The highest BCUT2D eigenvalue weighted by molar-refractivity contribution is 6.23. The van der Waals surface area contributed by atoms with Gasteiger partial charge in [-0.1, -0.05) is 6.07 Å². The molecule has 1 radical (unpaired) electrons. The van der Waals surface area contributed by atoms with E-state index in [-0.39, 0.29) is 17.9 Å². The van der Waals surface area contributed by atoms with E-state index in [0.717, 1.165) is 25.9 Å². The highest BCUT2D eigenvalue weighted by Gasteiger charge is 2.30. The Labute approximate surface area is 164 Å². The number of carbonyl (C=O) groups is 1. The van der Waals surface area contributed by atoms with Crippen LogP contribution in [0.3, 0.4) is 0 Å². The van der Waals surface area contributed by atoms with E-state index >= 15 is 0 Å². The van der Waals surface area contributed by atoms with Gasteiger partial charge in [0.2, 0.25) is 5.88 Å². The van der Waals surface area contributed by atoms with Gasteiger partial charge in [-0.2, -0.15) is 0 Å². The Bertz CT molecular complexity index is 785. The molecule has 2 aromatic rings. The van der Waals surface area contributed by atoms with E-state index in [4.69, 9.17) is 9.39 Å². The van der Waals surface area contributed by atoms with Crippen molar-refractivity contribution in [2.75, 3.05) is 37.5 Å². The molecule has 147 valence electrons. The molecule has 28 heavy (non-hydrogen) atoms. The lowest BCUT2D eigenvalue weighted by Crippen LogP contribution is -2.50. The van der Waals surface area contributed by atoms with Crippen LogP contribution in [-0.4, -0.2) is 56.8 Å². The zero-order valence-corrected chi connectivity index (χ0v) is 16.0. The molecule has 2 heterocycles. The summed E-state index contributed by atoms with van der Waals surface area (Å²) < 4.78 is 23.9. The van der Waals surface area contributed by atoms with Gasteiger partial charge in [0.05, 0.1) is 19.0 Å². The van der Waals surface area contributed by atoms with Crippen LogP contribution in [0.25, 0.3) is 0 Å². The molecule has 1 aromatic heterocycles. The molecule has 3 rings (SSSR count). The standard InChI is InChI=1S/C19H23BFN4O3/c1-27-18-7-6-15(13-22-18)23-19(26)25(17-5-3-4-14(21)12-17)16-8-10-24(11-9-16)20-28-2/h3-7,12-13,16H,8-11H2,1-2H3,(H,23,26). The summed E-state index contributed by atoms with van der Waals surface area (Å²) in [6.07, 6.45) is 3.01. The SMILES string of the molecule is CO[B]N1CCC(N(C(=O)Nc2ccc(OC)nc2)c2cccc(F)c2)CC1. The number of nitrogens with one attached hydrogen (secondary N) is 1. The Balaban J connectivity index is 1.78. The maximum atomic E-state index is 13.8. The third kappa shape index (κ3) is 4.99. The lowest BCUT2D eigenvalue weighted by Gasteiger charge is -2.38. The van der Waals surface area contributed by atoms with E-state index in [2.05, 4.69) is 15.1 Å². The fourth-order valence-corrected chi connectivity index (χ4v) is 3.28. The van der Waals surface area contributed by atoms with Crippen molar-refractivity contribution in [1.82, 2.24) is 9.79 Å². The monoisotopic (exact) mass is 385 g/mol. The number of hydrogen-bond acceptors (Lipinski definition) is 5. The number of nitrogens with zero attached hydrogens (tertiary/aromatic N) is 3. The van der Waals surface area contributed by atoms with E-state index in [1.54, 1.807) is 43.9 Å². The number of piperidine rings is 1. The van der Waals surface area contributed by atoms with Crippen molar-refractivity contribution in [3.63, 3.8) is 0 Å². The summed E-state index contributed by atoms with van der Waals surface area (Å²) >= 11 is 0. The van der Waals surface area contributed by atoms with E-state index in [0.29, 0.717) is 17.3 Å². The first-order chi connectivity index (χ1) is 13.6. The van der Waals surface area contributed by atoms with Gasteiger partial charge < -0.3 is 19.5 Å². The van der Waals surface area contributed by atoms with Gasteiger partial charge in [0.15, 0.2) is 0 Å². The summed E-state index contributed by atoms with van der Waals surface area (Å²) in [5.74, 6) is 0.0771. The first-order valence-electron chi connectivity index (χ1n) is 9.06. The molecule has 0 atom stereocenters. The van der Waals surface area contributed by atoms with Crippen LogP contribution in [0.15, 0.2) is 42.6 Å². The summed E-state index contributed by atoms with van der Waals surface area (Å²) in [5.41, 5.74) is 1.06. The minimum Gasteiger partial charge on any atom is -0.481 e. The molecule has 1 aliphatic heterocycles. The maximum Gasteiger partial charge on any atom is 0.398 e. The van der Waals surface area contributed by atoms with Gasteiger partial charge in [0.1, 0.15) is 5.82 Å². The van der Waals surface area contributed by atoms with Gasteiger partial charge in [-0.3, -0.25) is 4.90 Å². The normalized spacial score (nSPS) is 15.1. The van der Waals surface area contributed by atoms with E-state index < -0.39 is 0 Å². The highest BCUT2D eigenvalue weighted by atomic mass is 19.1. The number of urea groups is 1. The smallest absolute Gasteiger partial charge is 0.398 e. The average molecular weight is 385 g/mol. The van der Waals surface area contributed by atoms with Crippen molar-refractivity contribution in [3.05, 3.63) is 48.4 Å². The number of rotatable bonds is 6. The molecule has 1 saturated heterocycles. The Morgan fingerprint density at radius 1 is 1.29 bits per heavy atom.